The van der Waals surface area contributed by atoms with Gasteiger partial charge in [-0.05, 0) is 48.5 Å². The highest BCUT2D eigenvalue weighted by molar-refractivity contribution is 5.99. The summed E-state index contributed by atoms with van der Waals surface area (Å²) in [6.07, 6.45) is 0. The lowest BCUT2D eigenvalue weighted by Crippen LogP contribution is -2.34. The number of anilines is 1. The Morgan fingerprint density at radius 1 is 1.09 bits per heavy atom. The number of amides is 2. The first kappa shape index (κ1) is 16.5. The van der Waals surface area contributed by atoms with Crippen molar-refractivity contribution in [3.05, 3.63) is 59.9 Å². The molecule has 120 valence electrons. The Kier molecular flexibility index (Phi) is 5.30. The number of halogens is 1. The van der Waals surface area contributed by atoms with E-state index in [4.69, 9.17) is 4.74 Å². The average Bonchev–Trinajstić information content (AvgIpc) is 2.56. The Morgan fingerprint density at radius 2 is 1.70 bits per heavy atom. The Morgan fingerprint density at radius 3 is 2.26 bits per heavy atom. The monoisotopic (exact) mass is 316 g/mol. The van der Waals surface area contributed by atoms with Gasteiger partial charge in [0.25, 0.3) is 5.91 Å². The molecule has 0 aromatic heterocycles. The molecular formula is C17H17FN2O3. The number of likely N-dealkylation sites (N-methyl/N-ethyl adjacent to an activating group) is 1. The molecule has 0 heterocycles. The van der Waals surface area contributed by atoms with Crippen LogP contribution in [0.5, 0.6) is 5.75 Å². The van der Waals surface area contributed by atoms with E-state index in [9.17, 15) is 14.0 Å². The standard InChI is InChI=1S/C17H17FN2O3/c1-20(17(22)12-3-9-15(23-2)10-4-12)11-16(21)19-14-7-5-13(18)6-8-14/h3-10H,11H2,1-2H3,(H,19,21). The molecule has 0 unspecified atom stereocenters. The van der Waals surface area contributed by atoms with Gasteiger partial charge in [0.05, 0.1) is 13.7 Å². The van der Waals surface area contributed by atoms with Gasteiger partial charge in [0.15, 0.2) is 0 Å². The van der Waals surface area contributed by atoms with Crippen LogP contribution in [0.3, 0.4) is 0 Å². The molecule has 2 rings (SSSR count). The maximum Gasteiger partial charge on any atom is 0.254 e. The van der Waals surface area contributed by atoms with Crippen molar-refractivity contribution in [2.45, 2.75) is 0 Å². The van der Waals surface area contributed by atoms with Crippen molar-refractivity contribution in [3.8, 4) is 5.75 Å². The molecule has 2 aromatic rings. The third kappa shape index (κ3) is 4.54. The number of carbonyl (C=O) groups is 2. The lowest BCUT2D eigenvalue weighted by molar-refractivity contribution is -0.116. The topological polar surface area (TPSA) is 58.6 Å². The summed E-state index contributed by atoms with van der Waals surface area (Å²) >= 11 is 0. The Balaban J connectivity index is 1.94. The smallest absolute Gasteiger partial charge is 0.254 e. The van der Waals surface area contributed by atoms with Gasteiger partial charge < -0.3 is 15.0 Å². The fourth-order valence-electron chi connectivity index (χ4n) is 1.97. The third-order valence-corrected chi connectivity index (χ3v) is 3.19. The molecule has 23 heavy (non-hydrogen) atoms. The van der Waals surface area contributed by atoms with Crippen molar-refractivity contribution in [2.75, 3.05) is 26.0 Å². The number of hydrogen-bond acceptors (Lipinski definition) is 3. The van der Waals surface area contributed by atoms with Crippen molar-refractivity contribution >= 4 is 17.5 Å². The van der Waals surface area contributed by atoms with Crippen molar-refractivity contribution in [1.29, 1.82) is 0 Å². The molecule has 2 amide bonds. The molecule has 0 aliphatic heterocycles. The van der Waals surface area contributed by atoms with Crippen molar-refractivity contribution < 1.29 is 18.7 Å². The summed E-state index contributed by atoms with van der Waals surface area (Å²) in [4.78, 5) is 25.5. The maximum absolute atomic E-state index is 12.8. The first-order chi connectivity index (χ1) is 11.0. The van der Waals surface area contributed by atoms with Gasteiger partial charge in [-0.2, -0.15) is 0 Å². The fourth-order valence-corrected chi connectivity index (χ4v) is 1.97. The van der Waals surface area contributed by atoms with E-state index in [-0.39, 0.29) is 24.2 Å². The summed E-state index contributed by atoms with van der Waals surface area (Å²) in [6.45, 7) is -0.109. The van der Waals surface area contributed by atoms with Gasteiger partial charge in [-0.1, -0.05) is 0 Å². The van der Waals surface area contributed by atoms with Gasteiger partial charge in [-0.15, -0.1) is 0 Å². The summed E-state index contributed by atoms with van der Waals surface area (Å²) < 4.78 is 17.8. The van der Waals surface area contributed by atoms with E-state index in [1.54, 1.807) is 31.4 Å². The van der Waals surface area contributed by atoms with Crippen LogP contribution < -0.4 is 10.1 Å². The molecule has 0 fully saturated rings. The fraction of sp³-hybridized carbons (Fsp3) is 0.176. The number of hydrogen-bond donors (Lipinski definition) is 1. The van der Waals surface area contributed by atoms with Crippen LogP contribution >= 0.6 is 0 Å². The molecule has 5 nitrogen and oxygen atoms in total. The van der Waals surface area contributed by atoms with E-state index < -0.39 is 0 Å². The molecule has 0 radical (unpaired) electrons. The lowest BCUT2D eigenvalue weighted by Gasteiger charge is -2.17. The zero-order valence-corrected chi connectivity index (χ0v) is 12.9. The molecule has 6 heteroatoms. The molecule has 0 aliphatic rings. The number of nitrogens with one attached hydrogen (secondary N) is 1. The summed E-state index contributed by atoms with van der Waals surface area (Å²) in [7, 11) is 3.08. The Bertz CT molecular complexity index is 684. The number of nitrogens with zero attached hydrogens (tertiary/aromatic N) is 1. The van der Waals surface area contributed by atoms with Gasteiger partial charge in [-0.3, -0.25) is 9.59 Å². The van der Waals surface area contributed by atoms with Gasteiger partial charge in [0.2, 0.25) is 5.91 Å². The average molecular weight is 316 g/mol. The van der Waals surface area contributed by atoms with E-state index in [0.29, 0.717) is 17.0 Å². The lowest BCUT2D eigenvalue weighted by atomic mass is 10.2. The molecule has 0 spiro atoms. The second-order valence-electron chi connectivity index (χ2n) is 4.94. The minimum atomic E-state index is -0.380. The van der Waals surface area contributed by atoms with Gasteiger partial charge in [-0.25, -0.2) is 4.39 Å². The Hall–Kier alpha value is -2.89. The number of rotatable bonds is 5. The Labute approximate surface area is 133 Å². The maximum atomic E-state index is 12.8. The minimum absolute atomic E-state index is 0.109. The van der Waals surface area contributed by atoms with E-state index in [2.05, 4.69) is 5.32 Å². The van der Waals surface area contributed by atoms with Gasteiger partial charge in [0.1, 0.15) is 11.6 Å². The van der Waals surface area contributed by atoms with E-state index >= 15 is 0 Å². The first-order valence-corrected chi connectivity index (χ1v) is 6.94. The summed E-state index contributed by atoms with van der Waals surface area (Å²) in [5.74, 6) is -0.365. The highest BCUT2D eigenvalue weighted by Crippen LogP contribution is 2.13. The van der Waals surface area contributed by atoms with Crippen molar-refractivity contribution in [3.63, 3.8) is 0 Å². The molecular weight excluding hydrogens is 299 g/mol. The SMILES string of the molecule is COc1ccc(C(=O)N(C)CC(=O)Nc2ccc(F)cc2)cc1. The number of benzene rings is 2. The van der Waals surface area contributed by atoms with Crippen LogP contribution in [-0.2, 0) is 4.79 Å². The number of carbonyl (C=O) groups excluding carboxylic acids is 2. The molecule has 0 saturated carbocycles. The van der Waals surface area contributed by atoms with E-state index in [1.807, 2.05) is 0 Å². The summed E-state index contributed by atoms with van der Waals surface area (Å²) in [5.41, 5.74) is 0.935. The molecule has 2 aromatic carbocycles. The summed E-state index contributed by atoms with van der Waals surface area (Å²) in [6, 6.07) is 12.0. The second-order valence-corrected chi connectivity index (χ2v) is 4.94. The molecule has 0 bridgehead atoms. The van der Waals surface area contributed by atoms with Crippen LogP contribution in [0.15, 0.2) is 48.5 Å². The zero-order valence-electron chi connectivity index (χ0n) is 12.9. The number of ether oxygens (including phenoxy) is 1. The second kappa shape index (κ2) is 7.40. The van der Waals surface area contributed by atoms with Crippen LogP contribution in [0.2, 0.25) is 0 Å². The normalized spacial score (nSPS) is 10.0. The molecule has 0 saturated heterocycles. The predicted molar refractivity (Wildman–Crippen MR) is 85.0 cm³/mol. The summed E-state index contributed by atoms with van der Waals surface area (Å²) in [5, 5.41) is 2.61. The van der Waals surface area contributed by atoms with Crippen molar-refractivity contribution in [2.24, 2.45) is 0 Å². The van der Waals surface area contributed by atoms with E-state index in [1.165, 1.54) is 36.2 Å². The van der Waals surface area contributed by atoms with Crippen LogP contribution in [0, 0.1) is 5.82 Å². The third-order valence-electron chi connectivity index (χ3n) is 3.19. The van der Waals surface area contributed by atoms with Crippen LogP contribution in [-0.4, -0.2) is 37.4 Å². The van der Waals surface area contributed by atoms with Crippen LogP contribution in [0.4, 0.5) is 10.1 Å². The largest absolute Gasteiger partial charge is 0.497 e. The predicted octanol–water partition coefficient (Wildman–Crippen LogP) is 2.55. The quantitative estimate of drug-likeness (QED) is 0.922. The van der Waals surface area contributed by atoms with Gasteiger partial charge >= 0.3 is 0 Å². The first-order valence-electron chi connectivity index (χ1n) is 6.94. The molecule has 0 aliphatic carbocycles. The highest BCUT2D eigenvalue weighted by atomic mass is 19.1. The van der Waals surface area contributed by atoms with E-state index in [0.717, 1.165) is 0 Å². The number of methoxy groups -OCH3 is 1. The van der Waals surface area contributed by atoms with Gasteiger partial charge in [0, 0.05) is 18.3 Å². The van der Waals surface area contributed by atoms with Crippen LogP contribution in [0.25, 0.3) is 0 Å². The molecule has 1 N–H and O–H groups in total. The zero-order chi connectivity index (χ0) is 16.8. The van der Waals surface area contributed by atoms with Crippen molar-refractivity contribution in [1.82, 2.24) is 4.90 Å². The highest BCUT2D eigenvalue weighted by Gasteiger charge is 2.15. The van der Waals surface area contributed by atoms with Crippen LogP contribution in [0.1, 0.15) is 10.4 Å². The minimum Gasteiger partial charge on any atom is -0.497 e. The molecule has 0 atom stereocenters.